The second-order valence-corrected chi connectivity index (χ2v) is 15.6. The molecule has 2 aromatic rings. The summed E-state index contributed by atoms with van der Waals surface area (Å²) in [7, 11) is 1.45. The molecule has 3 atom stereocenters. The maximum absolute atomic E-state index is 15.1. The van der Waals surface area contributed by atoms with Crippen LogP contribution < -0.4 is 4.90 Å². The molecule has 0 spiro atoms. The molecule has 1 amide bonds. The van der Waals surface area contributed by atoms with Crippen LogP contribution in [0, 0.1) is 40.8 Å². The van der Waals surface area contributed by atoms with Gasteiger partial charge in [-0.2, -0.15) is 5.26 Å². The molecule has 0 unspecified atom stereocenters. The summed E-state index contributed by atoms with van der Waals surface area (Å²) in [5.74, 6) is 0.831. The maximum atomic E-state index is 15.1. The van der Waals surface area contributed by atoms with Gasteiger partial charge >= 0.3 is 5.97 Å². The van der Waals surface area contributed by atoms with Crippen molar-refractivity contribution < 1.29 is 23.1 Å². The molecule has 4 heterocycles. The summed E-state index contributed by atoms with van der Waals surface area (Å²) in [5, 5.41) is 9.63. The lowest BCUT2D eigenvalue weighted by Gasteiger charge is -2.52. The van der Waals surface area contributed by atoms with Crippen LogP contribution >= 0.6 is 0 Å². The molecule has 268 valence electrons. The summed E-state index contributed by atoms with van der Waals surface area (Å²) in [4.78, 5) is 34.8. The van der Waals surface area contributed by atoms with Gasteiger partial charge in [-0.15, -0.1) is 0 Å². The molecule has 7 rings (SSSR count). The van der Waals surface area contributed by atoms with Crippen LogP contribution in [0.4, 0.5) is 14.5 Å². The largest absolute Gasteiger partial charge is 0.469 e. The Morgan fingerprint density at radius 1 is 1.00 bits per heavy atom. The SMILES string of the molecule is COC(=O)C[C@H]1CCC[C@@H]1[C@](CN1CCCC1=O)(c1cccc(F)c1)C1CCN(CC2CN(c3ccc(C#N)c(CN4CC(F)C4)c3)C2)CC1. The van der Waals surface area contributed by atoms with Crippen molar-refractivity contribution in [2.24, 2.45) is 23.7 Å². The van der Waals surface area contributed by atoms with Gasteiger partial charge in [0.05, 0.1) is 18.7 Å². The Kier molecular flexibility index (Phi) is 10.4. The van der Waals surface area contributed by atoms with E-state index < -0.39 is 11.6 Å². The van der Waals surface area contributed by atoms with Crippen LogP contribution in [0.15, 0.2) is 42.5 Å². The molecule has 2 aromatic carbocycles. The van der Waals surface area contributed by atoms with E-state index in [0.29, 0.717) is 50.5 Å². The van der Waals surface area contributed by atoms with Crippen LogP contribution in [0.1, 0.15) is 68.1 Å². The highest BCUT2D eigenvalue weighted by molar-refractivity contribution is 5.78. The van der Waals surface area contributed by atoms with Gasteiger partial charge in [0.25, 0.3) is 0 Å². The number of amides is 1. The van der Waals surface area contributed by atoms with Gasteiger partial charge in [0, 0.05) is 82.2 Å². The monoisotopic (exact) mass is 687 g/mol. The minimum atomic E-state index is -0.761. The van der Waals surface area contributed by atoms with Crippen molar-refractivity contribution in [2.45, 2.75) is 69.5 Å². The summed E-state index contributed by atoms with van der Waals surface area (Å²) < 4.78 is 33.6. The number of hydrogen-bond donors (Lipinski definition) is 0. The van der Waals surface area contributed by atoms with Gasteiger partial charge in [-0.25, -0.2) is 8.78 Å². The van der Waals surface area contributed by atoms with Crippen LogP contribution in [-0.4, -0.2) is 98.8 Å². The van der Waals surface area contributed by atoms with E-state index in [0.717, 1.165) is 94.6 Å². The van der Waals surface area contributed by atoms with Crippen molar-refractivity contribution in [3.05, 3.63) is 65.0 Å². The molecule has 1 aliphatic carbocycles. The van der Waals surface area contributed by atoms with Crippen LogP contribution in [-0.2, 0) is 26.3 Å². The lowest BCUT2D eigenvalue weighted by atomic mass is 9.56. The minimum Gasteiger partial charge on any atom is -0.469 e. The van der Waals surface area contributed by atoms with E-state index in [1.807, 2.05) is 28.0 Å². The van der Waals surface area contributed by atoms with E-state index in [1.165, 1.54) is 13.2 Å². The van der Waals surface area contributed by atoms with Crippen LogP contribution in [0.2, 0.25) is 0 Å². The van der Waals surface area contributed by atoms with Crippen LogP contribution in [0.25, 0.3) is 0 Å². The molecule has 0 N–H and O–H groups in total. The molecule has 0 aromatic heterocycles. The van der Waals surface area contributed by atoms with E-state index in [9.17, 15) is 19.2 Å². The number of carbonyl (C=O) groups excluding carboxylic acids is 2. The van der Waals surface area contributed by atoms with E-state index in [2.05, 4.69) is 28.0 Å². The minimum absolute atomic E-state index is 0.136. The first kappa shape index (κ1) is 34.9. The molecule has 0 bridgehead atoms. The second-order valence-electron chi connectivity index (χ2n) is 15.6. The van der Waals surface area contributed by atoms with Crippen molar-refractivity contribution in [1.29, 1.82) is 5.26 Å². The van der Waals surface area contributed by atoms with Gasteiger partial charge in [0.1, 0.15) is 12.0 Å². The average Bonchev–Trinajstić information content (AvgIpc) is 3.72. The number of nitriles is 1. The summed E-state index contributed by atoms with van der Waals surface area (Å²) in [5.41, 5.74) is 3.29. The summed E-state index contributed by atoms with van der Waals surface area (Å²) in [6.07, 6.45) is 5.87. The second kappa shape index (κ2) is 15.0. The van der Waals surface area contributed by atoms with Crippen molar-refractivity contribution in [3.8, 4) is 6.07 Å². The quantitative estimate of drug-likeness (QED) is 0.271. The molecule has 4 saturated heterocycles. The topological polar surface area (TPSA) is 80.1 Å². The molecule has 8 nitrogen and oxygen atoms in total. The fourth-order valence-electron chi connectivity index (χ4n) is 10.1. The highest BCUT2D eigenvalue weighted by atomic mass is 19.1. The number of anilines is 1. The van der Waals surface area contributed by atoms with Gasteiger partial charge in [0.2, 0.25) is 5.91 Å². The molecular weight excluding hydrogens is 636 g/mol. The Morgan fingerprint density at radius 2 is 1.80 bits per heavy atom. The third-order valence-electron chi connectivity index (χ3n) is 12.6. The van der Waals surface area contributed by atoms with Crippen molar-refractivity contribution in [3.63, 3.8) is 0 Å². The van der Waals surface area contributed by atoms with E-state index in [4.69, 9.17) is 4.74 Å². The third-order valence-corrected chi connectivity index (χ3v) is 12.6. The predicted octanol–water partition coefficient (Wildman–Crippen LogP) is 5.54. The fraction of sp³-hybridized carbons (Fsp3) is 0.625. The lowest BCUT2D eigenvalue weighted by molar-refractivity contribution is -0.142. The van der Waals surface area contributed by atoms with Gasteiger partial charge in [0.15, 0.2) is 0 Å². The Balaban J connectivity index is 1.05. The first-order valence-corrected chi connectivity index (χ1v) is 18.7. The van der Waals surface area contributed by atoms with E-state index in [-0.39, 0.29) is 35.4 Å². The number of rotatable bonds is 12. The Bertz CT molecular complexity index is 1580. The zero-order valence-electron chi connectivity index (χ0n) is 29.4. The number of methoxy groups -OCH3 is 1. The zero-order chi connectivity index (χ0) is 34.8. The van der Waals surface area contributed by atoms with Crippen LogP contribution in [0.3, 0.4) is 0 Å². The Hall–Kier alpha value is -3.55. The number of carbonyl (C=O) groups is 2. The molecule has 1 saturated carbocycles. The maximum Gasteiger partial charge on any atom is 0.305 e. The number of halogens is 2. The van der Waals surface area contributed by atoms with Gasteiger partial charge in [-0.1, -0.05) is 18.6 Å². The number of nitrogens with zero attached hydrogens (tertiary/aromatic N) is 5. The number of alkyl halides is 1. The molecule has 5 fully saturated rings. The molecular formula is C40H51F2N5O3. The molecule has 50 heavy (non-hydrogen) atoms. The number of piperidine rings is 1. The van der Waals surface area contributed by atoms with Crippen molar-refractivity contribution in [1.82, 2.24) is 14.7 Å². The van der Waals surface area contributed by atoms with E-state index >= 15 is 4.39 Å². The number of ether oxygens (including phenoxy) is 1. The number of hydrogen-bond acceptors (Lipinski definition) is 7. The normalized spacial score (nSPS) is 25.3. The summed E-state index contributed by atoms with van der Waals surface area (Å²) >= 11 is 0. The number of benzene rings is 2. The molecule has 4 aliphatic heterocycles. The Morgan fingerprint density at radius 3 is 2.48 bits per heavy atom. The molecule has 5 aliphatic rings. The standard InChI is InChI=1S/C40H51F2N5O3/c1-50-39(49)18-29-5-2-8-37(29)40(27-46-14-4-9-38(46)48,33-6-3-7-34(41)19-33)32-12-15-44(16-13-32)21-28-22-47(23-28)36-11-10-30(20-43)31(17-36)24-45-25-35(42)26-45/h3,6-7,10-11,17,19,28-29,32,35,37H,2,4-5,8-9,12-16,18,21-27H2,1H3/t29-,37+,40+/m1/s1. The highest BCUT2D eigenvalue weighted by Gasteiger charge is 2.53. The van der Waals surface area contributed by atoms with Gasteiger partial charge in [-0.3, -0.25) is 14.5 Å². The third kappa shape index (κ3) is 7.13. The number of likely N-dealkylation sites (tertiary alicyclic amines) is 3. The zero-order valence-corrected chi connectivity index (χ0v) is 29.4. The lowest BCUT2D eigenvalue weighted by Crippen LogP contribution is -2.56. The average molecular weight is 688 g/mol. The summed E-state index contributed by atoms with van der Waals surface area (Å²) in [6.45, 7) is 7.64. The highest BCUT2D eigenvalue weighted by Crippen LogP contribution is 2.54. The number of esters is 1. The first-order valence-electron chi connectivity index (χ1n) is 18.7. The van der Waals surface area contributed by atoms with E-state index in [1.54, 1.807) is 6.07 Å². The summed E-state index contributed by atoms with van der Waals surface area (Å²) in [6, 6.07) is 15.4. The van der Waals surface area contributed by atoms with Crippen molar-refractivity contribution in [2.75, 3.05) is 70.9 Å². The van der Waals surface area contributed by atoms with Crippen molar-refractivity contribution >= 4 is 17.6 Å². The fourth-order valence-corrected chi connectivity index (χ4v) is 10.1. The smallest absolute Gasteiger partial charge is 0.305 e. The molecule has 10 heteroatoms. The molecule has 0 radical (unpaired) electrons. The first-order chi connectivity index (χ1) is 24.2. The van der Waals surface area contributed by atoms with Gasteiger partial charge < -0.3 is 19.4 Å². The predicted molar refractivity (Wildman–Crippen MR) is 188 cm³/mol. The Labute approximate surface area is 295 Å². The van der Waals surface area contributed by atoms with Gasteiger partial charge in [-0.05, 0) is 104 Å². The van der Waals surface area contributed by atoms with Crippen LogP contribution in [0.5, 0.6) is 0 Å².